The second-order valence-corrected chi connectivity index (χ2v) is 12.2. The molecule has 0 spiro atoms. The van der Waals surface area contributed by atoms with Gasteiger partial charge in [0.2, 0.25) is 10.0 Å². The summed E-state index contributed by atoms with van der Waals surface area (Å²) in [6.07, 6.45) is 0. The Labute approximate surface area is 226 Å². The van der Waals surface area contributed by atoms with Crippen LogP contribution < -0.4 is 4.90 Å². The molecule has 6 nitrogen and oxygen atoms in total. The third-order valence-electron chi connectivity index (χ3n) is 6.25. The summed E-state index contributed by atoms with van der Waals surface area (Å²) < 4.78 is 28.6. The first-order valence-electron chi connectivity index (χ1n) is 12.1. The molecule has 0 radical (unpaired) electrons. The van der Waals surface area contributed by atoms with Gasteiger partial charge < -0.3 is 0 Å². The van der Waals surface area contributed by atoms with E-state index in [0.29, 0.717) is 17.2 Å². The number of fused-ring (bicyclic) bond motifs is 1. The number of hydrogen-bond acceptors (Lipinski definition) is 5. The molecule has 8 heteroatoms. The zero-order valence-corrected chi connectivity index (χ0v) is 22.7. The second-order valence-electron chi connectivity index (χ2n) is 9.12. The van der Waals surface area contributed by atoms with Gasteiger partial charge in [0.05, 0.1) is 21.7 Å². The molecule has 1 heterocycles. The van der Waals surface area contributed by atoms with E-state index in [4.69, 9.17) is 4.98 Å². The molecule has 0 aliphatic carbocycles. The van der Waals surface area contributed by atoms with Gasteiger partial charge in [0.1, 0.15) is 0 Å². The fraction of sp³-hybridized carbons (Fsp3) is 0.133. The van der Waals surface area contributed by atoms with E-state index in [9.17, 15) is 13.2 Å². The predicted molar refractivity (Wildman–Crippen MR) is 153 cm³/mol. The lowest BCUT2D eigenvalue weighted by Crippen LogP contribution is -2.30. The van der Waals surface area contributed by atoms with Crippen molar-refractivity contribution in [2.75, 3.05) is 11.9 Å². The molecule has 0 aliphatic rings. The first kappa shape index (κ1) is 25.8. The van der Waals surface area contributed by atoms with Crippen LogP contribution in [-0.2, 0) is 23.1 Å². The fourth-order valence-electron chi connectivity index (χ4n) is 4.16. The molecule has 5 rings (SSSR count). The van der Waals surface area contributed by atoms with Crippen LogP contribution in [0.4, 0.5) is 5.13 Å². The SMILES string of the molecule is Cc1ccc2nc(N(Cc3ccccc3)C(=O)c3ccc(S(=O)(=O)N(C)Cc4ccccc4)cc3)sc2c1. The number of sulfonamides is 1. The van der Waals surface area contributed by atoms with Gasteiger partial charge in [0.25, 0.3) is 5.91 Å². The third-order valence-corrected chi connectivity index (χ3v) is 9.11. The maximum absolute atomic E-state index is 13.8. The van der Waals surface area contributed by atoms with Gasteiger partial charge in [-0.3, -0.25) is 9.69 Å². The molecular formula is C30H27N3O3S2. The molecule has 0 aliphatic heterocycles. The summed E-state index contributed by atoms with van der Waals surface area (Å²) in [7, 11) is -2.17. The quantitative estimate of drug-likeness (QED) is 0.232. The molecule has 0 unspecified atom stereocenters. The van der Waals surface area contributed by atoms with Gasteiger partial charge in [0, 0.05) is 19.2 Å². The minimum Gasteiger partial charge on any atom is -0.279 e. The van der Waals surface area contributed by atoms with Gasteiger partial charge >= 0.3 is 0 Å². The maximum Gasteiger partial charge on any atom is 0.260 e. The number of rotatable bonds is 8. The molecule has 0 fully saturated rings. The van der Waals surface area contributed by atoms with Gasteiger partial charge in [-0.2, -0.15) is 4.31 Å². The van der Waals surface area contributed by atoms with Gasteiger partial charge in [-0.25, -0.2) is 13.4 Å². The minimum atomic E-state index is -3.72. The van der Waals surface area contributed by atoms with Crippen LogP contribution in [0.15, 0.2) is 108 Å². The van der Waals surface area contributed by atoms with Gasteiger partial charge in [0.15, 0.2) is 5.13 Å². The van der Waals surface area contributed by atoms with Crippen LogP contribution in [0.1, 0.15) is 27.0 Å². The summed E-state index contributed by atoms with van der Waals surface area (Å²) >= 11 is 1.47. The molecule has 5 aromatic rings. The normalized spacial score (nSPS) is 11.7. The van der Waals surface area contributed by atoms with E-state index < -0.39 is 10.0 Å². The van der Waals surface area contributed by atoms with Gasteiger partial charge in [-0.05, 0) is 60.0 Å². The smallest absolute Gasteiger partial charge is 0.260 e. The first-order chi connectivity index (χ1) is 18.3. The largest absolute Gasteiger partial charge is 0.279 e. The van der Waals surface area contributed by atoms with Crippen molar-refractivity contribution in [1.29, 1.82) is 0 Å². The molecular weight excluding hydrogens is 514 g/mol. The molecule has 192 valence electrons. The topological polar surface area (TPSA) is 70.6 Å². The minimum absolute atomic E-state index is 0.137. The zero-order valence-electron chi connectivity index (χ0n) is 21.1. The van der Waals surface area contributed by atoms with Crippen molar-refractivity contribution >= 4 is 42.6 Å². The number of hydrogen-bond donors (Lipinski definition) is 0. The van der Waals surface area contributed by atoms with E-state index in [-0.39, 0.29) is 17.3 Å². The Morgan fingerprint density at radius 2 is 1.42 bits per heavy atom. The lowest BCUT2D eigenvalue weighted by Gasteiger charge is -2.21. The number of aromatic nitrogens is 1. The summed E-state index contributed by atoms with van der Waals surface area (Å²) in [5.74, 6) is -0.244. The fourth-order valence-corrected chi connectivity index (χ4v) is 6.38. The molecule has 1 amide bonds. The maximum atomic E-state index is 13.8. The zero-order chi connectivity index (χ0) is 26.7. The van der Waals surface area contributed by atoms with Crippen molar-refractivity contribution in [2.45, 2.75) is 24.9 Å². The molecule has 0 saturated carbocycles. The van der Waals surface area contributed by atoms with Gasteiger partial charge in [-0.15, -0.1) is 0 Å². The molecule has 4 aromatic carbocycles. The van der Waals surface area contributed by atoms with E-state index in [1.54, 1.807) is 24.1 Å². The number of nitrogens with zero attached hydrogens (tertiary/aromatic N) is 3. The Balaban J connectivity index is 1.43. The number of amides is 1. The van der Waals surface area contributed by atoms with Crippen molar-refractivity contribution in [3.05, 3.63) is 125 Å². The second kappa shape index (κ2) is 10.9. The highest BCUT2D eigenvalue weighted by molar-refractivity contribution is 7.89. The molecule has 38 heavy (non-hydrogen) atoms. The first-order valence-corrected chi connectivity index (χ1v) is 14.4. The third kappa shape index (κ3) is 5.52. The molecule has 1 aromatic heterocycles. The van der Waals surface area contributed by atoms with E-state index >= 15 is 0 Å². The van der Waals surface area contributed by atoms with E-state index in [0.717, 1.165) is 26.9 Å². The monoisotopic (exact) mass is 541 g/mol. The summed E-state index contributed by atoms with van der Waals surface area (Å²) in [5.41, 5.74) is 4.22. The number of thiazole rings is 1. The highest BCUT2D eigenvalue weighted by Gasteiger charge is 2.24. The van der Waals surface area contributed by atoms with E-state index in [1.165, 1.54) is 27.8 Å². The standard InChI is InChI=1S/C30H27N3O3S2/c1-22-13-18-27-28(19-22)37-30(31-27)33(21-24-11-7-4-8-12-24)29(34)25-14-16-26(17-15-25)38(35,36)32(2)20-23-9-5-3-6-10-23/h3-19H,20-21H2,1-2H3. The lowest BCUT2D eigenvalue weighted by molar-refractivity contribution is 0.0985. The Hall–Kier alpha value is -3.85. The average Bonchev–Trinajstić information content (AvgIpc) is 3.35. The van der Waals surface area contributed by atoms with Crippen LogP contribution in [0.3, 0.4) is 0 Å². The predicted octanol–water partition coefficient (Wildman–Crippen LogP) is 6.27. The Bertz CT molecular complexity index is 1670. The molecule has 0 atom stereocenters. The van der Waals surface area contributed by atoms with Crippen molar-refractivity contribution in [3.63, 3.8) is 0 Å². The molecule has 0 bridgehead atoms. The summed E-state index contributed by atoms with van der Waals surface area (Å²) in [6, 6.07) is 31.3. The van der Waals surface area contributed by atoms with Crippen molar-refractivity contribution in [1.82, 2.24) is 9.29 Å². The Kier molecular flexibility index (Phi) is 7.37. The Morgan fingerprint density at radius 1 is 0.816 bits per heavy atom. The lowest BCUT2D eigenvalue weighted by atomic mass is 10.1. The number of benzene rings is 4. The average molecular weight is 542 g/mol. The Morgan fingerprint density at radius 3 is 2.05 bits per heavy atom. The van der Waals surface area contributed by atoms with Gasteiger partial charge in [-0.1, -0.05) is 78.1 Å². The number of aryl methyl sites for hydroxylation is 1. The van der Waals surface area contributed by atoms with Crippen LogP contribution in [0.5, 0.6) is 0 Å². The van der Waals surface area contributed by atoms with Crippen LogP contribution in [0, 0.1) is 6.92 Å². The van der Waals surface area contributed by atoms with Crippen LogP contribution in [-0.4, -0.2) is 30.7 Å². The van der Waals surface area contributed by atoms with Crippen molar-refractivity contribution in [3.8, 4) is 0 Å². The molecule has 0 saturated heterocycles. The van der Waals surface area contributed by atoms with Crippen LogP contribution >= 0.6 is 11.3 Å². The van der Waals surface area contributed by atoms with Crippen molar-refractivity contribution in [2.24, 2.45) is 0 Å². The highest BCUT2D eigenvalue weighted by atomic mass is 32.2. The van der Waals surface area contributed by atoms with Crippen LogP contribution in [0.25, 0.3) is 10.2 Å². The van der Waals surface area contributed by atoms with E-state index in [2.05, 4.69) is 6.07 Å². The summed E-state index contributed by atoms with van der Waals surface area (Å²) in [5, 5.41) is 0.596. The number of carbonyl (C=O) groups is 1. The number of anilines is 1. The molecule has 0 N–H and O–H groups in total. The highest BCUT2D eigenvalue weighted by Crippen LogP contribution is 2.31. The van der Waals surface area contributed by atoms with Crippen LogP contribution in [0.2, 0.25) is 0 Å². The van der Waals surface area contributed by atoms with Crippen molar-refractivity contribution < 1.29 is 13.2 Å². The summed E-state index contributed by atoms with van der Waals surface area (Å²) in [6.45, 7) is 2.63. The number of carbonyl (C=O) groups excluding carboxylic acids is 1. The summed E-state index contributed by atoms with van der Waals surface area (Å²) in [4.78, 5) is 20.3. The van der Waals surface area contributed by atoms with E-state index in [1.807, 2.05) is 79.7 Å².